The van der Waals surface area contributed by atoms with Gasteiger partial charge >= 0.3 is 36.2 Å². The van der Waals surface area contributed by atoms with Gasteiger partial charge in [0.2, 0.25) is 0 Å². The van der Waals surface area contributed by atoms with Crippen LogP contribution in [0.15, 0.2) is 0 Å². The van der Waals surface area contributed by atoms with Gasteiger partial charge < -0.3 is 33.6 Å². The first-order chi connectivity index (χ1) is 3.46. The second-order valence-corrected chi connectivity index (χ2v) is 1.50. The van der Waals surface area contributed by atoms with Gasteiger partial charge in [0.05, 0.1) is 0 Å². The molecule has 0 aliphatic carbocycles. The molecule has 0 saturated heterocycles. The molecule has 0 radical (unpaired) electrons. The van der Waals surface area contributed by atoms with E-state index in [4.69, 9.17) is 28.1 Å². The number of rotatable bonds is 0. The van der Waals surface area contributed by atoms with Gasteiger partial charge in [0.25, 0.3) is 0 Å². The minimum atomic E-state index is -3.63. The molecule has 0 aliphatic heterocycles. The molecule has 0 bridgehead atoms. The van der Waals surface area contributed by atoms with E-state index in [0.717, 1.165) is 0 Å². The van der Waals surface area contributed by atoms with Crippen molar-refractivity contribution >= 4 is 35.7 Å². The number of hydrogen-bond acceptors (Lipinski definition) is 6. The fourth-order valence-electron chi connectivity index (χ4n) is 0. The second-order valence-electron chi connectivity index (χ2n) is 0.500. The quantitative estimate of drug-likeness (QED) is 0.356. The van der Waals surface area contributed by atoms with Gasteiger partial charge in [-0.05, 0) is 0 Å². The van der Waals surface area contributed by atoms with Crippen molar-refractivity contribution in [2.75, 3.05) is 0 Å². The third-order valence-corrected chi connectivity index (χ3v) is 0. The summed E-state index contributed by atoms with van der Waals surface area (Å²) in [4.78, 5) is 34.1. The minimum Gasteiger partial charge on any atom is -0.672 e. The van der Waals surface area contributed by atoms with Gasteiger partial charge in [-0.15, -0.1) is 0 Å². The van der Waals surface area contributed by atoms with Gasteiger partial charge in [-0.3, -0.25) is 0 Å². The van der Waals surface area contributed by atoms with Crippen LogP contribution in [0.25, 0.3) is 0 Å². The molecular formula is H2AlLiO7Si2. The predicted octanol–water partition coefficient (Wildman–Crippen LogP) is -9.96. The molecule has 0 fully saturated rings. The van der Waals surface area contributed by atoms with Gasteiger partial charge in [-0.1, -0.05) is 0 Å². The fraction of sp³-hybridized carbons (Fsp3) is 0. The van der Waals surface area contributed by atoms with Crippen molar-refractivity contribution in [3.05, 3.63) is 0 Å². The summed E-state index contributed by atoms with van der Waals surface area (Å²) in [6.45, 7) is 0. The van der Waals surface area contributed by atoms with Crippen LogP contribution in [-0.4, -0.2) is 41.2 Å². The first kappa shape index (κ1) is 30.2. The van der Waals surface area contributed by atoms with E-state index in [1.165, 1.54) is 0 Å². The Bertz CT molecular complexity index is 74.4. The topological polar surface area (TPSA) is 158 Å². The fourth-order valence-corrected chi connectivity index (χ4v) is 0. The maximum absolute atomic E-state index is 8.52. The summed E-state index contributed by atoms with van der Waals surface area (Å²) in [7, 11) is -7.26. The Hall–Kier alpha value is 0.324. The van der Waals surface area contributed by atoms with Crippen LogP contribution < -0.4 is 38.0 Å². The zero-order chi connectivity index (χ0) is 7.15. The Morgan fingerprint density at radius 2 is 0.818 bits per heavy atom. The van der Waals surface area contributed by atoms with Crippen molar-refractivity contribution in [1.29, 1.82) is 0 Å². The van der Waals surface area contributed by atoms with Crippen LogP contribution in [0.4, 0.5) is 0 Å². The Labute approximate surface area is 88.1 Å². The Kier molecular flexibility index (Phi) is 61.6. The first-order valence-corrected chi connectivity index (χ1v) is 3.67. The summed E-state index contributed by atoms with van der Waals surface area (Å²) >= 11 is 0. The van der Waals surface area contributed by atoms with Crippen LogP contribution in [0.3, 0.4) is 0 Å². The van der Waals surface area contributed by atoms with Crippen LogP contribution in [0.1, 0.15) is 0 Å². The molecule has 2 N–H and O–H groups in total. The van der Waals surface area contributed by atoms with E-state index in [1.54, 1.807) is 0 Å². The van der Waals surface area contributed by atoms with Gasteiger partial charge in [0.15, 0.2) is 0 Å². The summed E-state index contributed by atoms with van der Waals surface area (Å²) in [5, 5.41) is 0. The predicted molar refractivity (Wildman–Crippen MR) is 22.2 cm³/mol. The molecule has 0 heterocycles. The molecule has 0 atom stereocenters. The standard InChI is InChI=1S/Al.Li.2O3Si.H2O/c;;2*1-4(2)3;/h;;;;1H2/q+3;+1;2*-2;. The molecule has 7 nitrogen and oxygen atoms in total. The average molecular weight is 204 g/mol. The zero-order valence-electron chi connectivity index (χ0n) is 5.53. The summed E-state index contributed by atoms with van der Waals surface area (Å²) in [6.07, 6.45) is 0. The molecular weight excluding hydrogens is 202 g/mol. The van der Waals surface area contributed by atoms with E-state index >= 15 is 0 Å². The summed E-state index contributed by atoms with van der Waals surface area (Å²) < 4.78 is 17.0. The van der Waals surface area contributed by atoms with Crippen LogP contribution in [0.2, 0.25) is 0 Å². The molecule has 0 aromatic heterocycles. The molecule has 11 heavy (non-hydrogen) atoms. The van der Waals surface area contributed by atoms with Crippen LogP contribution in [0, 0.1) is 0 Å². The van der Waals surface area contributed by atoms with Crippen molar-refractivity contribution in [2.45, 2.75) is 0 Å². The van der Waals surface area contributed by atoms with E-state index in [9.17, 15) is 0 Å². The summed E-state index contributed by atoms with van der Waals surface area (Å²) in [6, 6.07) is 0. The van der Waals surface area contributed by atoms with E-state index in [1.807, 2.05) is 0 Å². The number of hydrogen-bond donors (Lipinski definition) is 0. The molecule has 0 aromatic carbocycles. The molecule has 0 rings (SSSR count). The molecule has 0 aromatic rings. The van der Waals surface area contributed by atoms with E-state index in [-0.39, 0.29) is 41.7 Å². The van der Waals surface area contributed by atoms with Crippen molar-refractivity contribution < 1.29 is 52.4 Å². The van der Waals surface area contributed by atoms with Gasteiger partial charge in [-0.25, -0.2) is 0 Å². The second kappa shape index (κ2) is 22.4. The monoisotopic (exact) mass is 204 g/mol. The van der Waals surface area contributed by atoms with E-state index < -0.39 is 18.3 Å². The molecule has 0 saturated carbocycles. The zero-order valence-corrected chi connectivity index (χ0v) is 8.68. The van der Waals surface area contributed by atoms with Crippen LogP contribution in [-0.2, 0) is 8.92 Å². The van der Waals surface area contributed by atoms with Gasteiger partial charge in [-0.2, -0.15) is 0 Å². The summed E-state index contributed by atoms with van der Waals surface area (Å²) in [5.41, 5.74) is 0. The molecule has 0 amide bonds. The SMILES string of the molecule is O.O=[Si]([O-])[O-].O=[Si]([O-])[O-].[Al+3].[Li+]. The molecule has 11 heteroatoms. The molecule has 0 unspecified atom stereocenters. The average Bonchev–Trinajstić information content (AvgIpc) is 1.25. The van der Waals surface area contributed by atoms with E-state index in [0.29, 0.717) is 0 Å². The third kappa shape index (κ3) is 6830. The first-order valence-electron chi connectivity index (χ1n) is 1.22. The van der Waals surface area contributed by atoms with Gasteiger partial charge in [0, 0.05) is 18.3 Å². The van der Waals surface area contributed by atoms with Crippen LogP contribution >= 0.6 is 0 Å². The maximum Gasteiger partial charge on any atom is 3.00 e. The summed E-state index contributed by atoms with van der Waals surface area (Å²) in [5.74, 6) is 0. The molecule has 0 aliphatic rings. The Balaban J connectivity index is -0.0000000171. The largest absolute Gasteiger partial charge is 3.00 e. The molecule has 0 spiro atoms. The van der Waals surface area contributed by atoms with Crippen LogP contribution in [0.5, 0.6) is 0 Å². The van der Waals surface area contributed by atoms with Crippen molar-refractivity contribution in [3.63, 3.8) is 0 Å². The minimum absolute atomic E-state index is 0. The van der Waals surface area contributed by atoms with E-state index in [2.05, 4.69) is 0 Å². The Morgan fingerprint density at radius 3 is 0.818 bits per heavy atom. The van der Waals surface area contributed by atoms with Gasteiger partial charge in [0.1, 0.15) is 0 Å². The van der Waals surface area contributed by atoms with Crippen molar-refractivity contribution in [2.24, 2.45) is 0 Å². The maximum atomic E-state index is 8.52. The van der Waals surface area contributed by atoms with Crippen molar-refractivity contribution in [3.8, 4) is 0 Å². The van der Waals surface area contributed by atoms with Crippen molar-refractivity contribution in [1.82, 2.24) is 0 Å². The normalized spacial score (nSPS) is 4.36. The Morgan fingerprint density at radius 1 is 0.818 bits per heavy atom. The molecule has 56 valence electrons. The smallest absolute Gasteiger partial charge is 0.672 e. The third-order valence-electron chi connectivity index (χ3n) is 0.